The maximum absolute atomic E-state index is 5.64. The molecule has 0 aliphatic rings. The fourth-order valence-corrected chi connectivity index (χ4v) is 2.08. The summed E-state index contributed by atoms with van der Waals surface area (Å²) in [5.74, 6) is 2.35. The van der Waals surface area contributed by atoms with Crippen molar-refractivity contribution in [2.75, 3.05) is 18.5 Å². The van der Waals surface area contributed by atoms with E-state index in [2.05, 4.69) is 38.7 Å². The number of imidazole rings is 1. The van der Waals surface area contributed by atoms with Crippen molar-refractivity contribution >= 4 is 5.82 Å². The molecule has 2 aromatic heterocycles. The molecule has 0 saturated heterocycles. The van der Waals surface area contributed by atoms with Crippen LogP contribution in [-0.2, 0) is 13.0 Å². The standard InChI is InChI=1S/C16H25N5O/c1-3-6-14-19-15(12-16(20-14)22-11-4-2)18-7-5-9-21-10-8-17-13-21/h8,10,12-13H,3-7,9,11H2,1-2H3,(H,18,19,20). The lowest BCUT2D eigenvalue weighted by Gasteiger charge is -2.10. The number of aromatic nitrogens is 4. The van der Waals surface area contributed by atoms with Crippen LogP contribution in [0.1, 0.15) is 38.9 Å². The van der Waals surface area contributed by atoms with Crippen LogP contribution in [0.3, 0.4) is 0 Å². The minimum Gasteiger partial charge on any atom is -0.478 e. The first-order valence-electron chi connectivity index (χ1n) is 8.02. The maximum Gasteiger partial charge on any atom is 0.218 e. The van der Waals surface area contributed by atoms with Gasteiger partial charge in [0.1, 0.15) is 11.6 Å². The van der Waals surface area contributed by atoms with E-state index in [1.807, 2.05) is 18.6 Å². The second kappa shape index (κ2) is 9.02. The molecule has 2 heterocycles. The lowest BCUT2D eigenvalue weighted by atomic mass is 10.3. The third kappa shape index (κ3) is 5.35. The van der Waals surface area contributed by atoms with Crippen LogP contribution >= 0.6 is 0 Å². The number of hydrogen-bond donors (Lipinski definition) is 1. The largest absolute Gasteiger partial charge is 0.478 e. The summed E-state index contributed by atoms with van der Waals surface area (Å²) in [5, 5.41) is 3.36. The van der Waals surface area contributed by atoms with Gasteiger partial charge in [0.15, 0.2) is 0 Å². The van der Waals surface area contributed by atoms with Gasteiger partial charge in [-0.2, -0.15) is 4.98 Å². The van der Waals surface area contributed by atoms with E-state index in [4.69, 9.17) is 4.74 Å². The van der Waals surface area contributed by atoms with Gasteiger partial charge >= 0.3 is 0 Å². The van der Waals surface area contributed by atoms with Crippen molar-refractivity contribution in [1.82, 2.24) is 19.5 Å². The maximum atomic E-state index is 5.64. The molecule has 0 amide bonds. The molecule has 0 aliphatic carbocycles. The summed E-state index contributed by atoms with van der Waals surface area (Å²) in [7, 11) is 0. The molecule has 0 aliphatic heterocycles. The van der Waals surface area contributed by atoms with Crippen molar-refractivity contribution < 1.29 is 4.74 Å². The van der Waals surface area contributed by atoms with Crippen molar-refractivity contribution in [3.8, 4) is 5.88 Å². The molecule has 0 aromatic carbocycles. The molecule has 0 bridgehead atoms. The van der Waals surface area contributed by atoms with Crippen LogP contribution < -0.4 is 10.1 Å². The summed E-state index contributed by atoms with van der Waals surface area (Å²) < 4.78 is 7.71. The Labute approximate surface area is 132 Å². The van der Waals surface area contributed by atoms with Gasteiger partial charge in [0.05, 0.1) is 12.9 Å². The van der Waals surface area contributed by atoms with Gasteiger partial charge < -0.3 is 14.6 Å². The molecule has 120 valence electrons. The van der Waals surface area contributed by atoms with Crippen LogP contribution in [0.2, 0.25) is 0 Å². The number of nitrogens with one attached hydrogen (secondary N) is 1. The Kier molecular flexibility index (Phi) is 6.67. The van der Waals surface area contributed by atoms with Gasteiger partial charge in [-0.3, -0.25) is 0 Å². The molecule has 0 saturated carbocycles. The number of hydrogen-bond acceptors (Lipinski definition) is 5. The molecule has 1 N–H and O–H groups in total. The van der Waals surface area contributed by atoms with Crippen LogP contribution in [0.15, 0.2) is 24.8 Å². The average Bonchev–Trinajstić information content (AvgIpc) is 3.03. The Morgan fingerprint density at radius 2 is 2.14 bits per heavy atom. The molecule has 2 rings (SSSR count). The van der Waals surface area contributed by atoms with E-state index in [1.54, 1.807) is 6.20 Å². The predicted octanol–water partition coefficient (Wildman–Crippen LogP) is 2.92. The Balaban J connectivity index is 1.88. The van der Waals surface area contributed by atoms with E-state index in [-0.39, 0.29) is 0 Å². The van der Waals surface area contributed by atoms with Gasteiger partial charge in [-0.05, 0) is 19.3 Å². The number of ether oxygens (including phenoxy) is 1. The first kappa shape index (κ1) is 16.3. The van der Waals surface area contributed by atoms with Crippen molar-refractivity contribution in [3.63, 3.8) is 0 Å². The fourth-order valence-electron chi connectivity index (χ4n) is 2.08. The summed E-state index contributed by atoms with van der Waals surface area (Å²) in [5.41, 5.74) is 0. The lowest BCUT2D eigenvalue weighted by molar-refractivity contribution is 0.303. The number of rotatable bonds is 10. The Morgan fingerprint density at radius 1 is 1.23 bits per heavy atom. The van der Waals surface area contributed by atoms with Gasteiger partial charge in [-0.25, -0.2) is 9.97 Å². The van der Waals surface area contributed by atoms with Crippen LogP contribution in [0, 0.1) is 0 Å². The van der Waals surface area contributed by atoms with Crippen molar-refractivity contribution in [1.29, 1.82) is 0 Å². The molecule has 2 aromatic rings. The molecule has 0 spiro atoms. The van der Waals surface area contributed by atoms with E-state index in [0.29, 0.717) is 12.5 Å². The van der Waals surface area contributed by atoms with E-state index in [1.165, 1.54) is 0 Å². The predicted molar refractivity (Wildman–Crippen MR) is 87.1 cm³/mol. The van der Waals surface area contributed by atoms with Crippen molar-refractivity contribution in [2.24, 2.45) is 0 Å². The van der Waals surface area contributed by atoms with Crippen LogP contribution in [0.25, 0.3) is 0 Å². The van der Waals surface area contributed by atoms with E-state index < -0.39 is 0 Å². The van der Waals surface area contributed by atoms with Crippen molar-refractivity contribution in [3.05, 3.63) is 30.6 Å². The molecular formula is C16H25N5O. The van der Waals surface area contributed by atoms with E-state index in [9.17, 15) is 0 Å². The second-order valence-corrected chi connectivity index (χ2v) is 5.19. The highest BCUT2D eigenvalue weighted by Gasteiger charge is 2.05. The molecule has 0 atom stereocenters. The normalized spacial score (nSPS) is 10.6. The molecular weight excluding hydrogens is 278 g/mol. The Hall–Kier alpha value is -2.11. The minimum atomic E-state index is 0.664. The molecule has 22 heavy (non-hydrogen) atoms. The average molecular weight is 303 g/mol. The fraction of sp³-hybridized carbons (Fsp3) is 0.562. The summed E-state index contributed by atoms with van der Waals surface area (Å²) >= 11 is 0. The monoisotopic (exact) mass is 303 g/mol. The smallest absolute Gasteiger partial charge is 0.218 e. The second-order valence-electron chi connectivity index (χ2n) is 5.19. The Bertz CT molecular complexity index is 541. The minimum absolute atomic E-state index is 0.664. The Morgan fingerprint density at radius 3 is 2.86 bits per heavy atom. The molecule has 6 heteroatoms. The summed E-state index contributed by atoms with van der Waals surface area (Å²) in [4.78, 5) is 13.0. The summed E-state index contributed by atoms with van der Waals surface area (Å²) in [6, 6.07) is 1.88. The van der Waals surface area contributed by atoms with Crippen LogP contribution in [0.4, 0.5) is 5.82 Å². The SMILES string of the molecule is CCCOc1cc(NCCCn2ccnc2)nc(CCC)n1. The summed E-state index contributed by atoms with van der Waals surface area (Å²) in [6.45, 7) is 6.69. The number of aryl methyl sites for hydroxylation is 2. The van der Waals surface area contributed by atoms with E-state index in [0.717, 1.165) is 50.4 Å². The third-order valence-electron chi connectivity index (χ3n) is 3.14. The topological polar surface area (TPSA) is 64.9 Å². The summed E-state index contributed by atoms with van der Waals surface area (Å²) in [6.07, 6.45) is 9.48. The number of nitrogens with zero attached hydrogens (tertiary/aromatic N) is 4. The highest BCUT2D eigenvalue weighted by atomic mass is 16.5. The molecule has 0 unspecified atom stereocenters. The zero-order valence-electron chi connectivity index (χ0n) is 13.5. The number of anilines is 1. The van der Waals surface area contributed by atoms with Crippen LogP contribution in [-0.4, -0.2) is 32.7 Å². The van der Waals surface area contributed by atoms with Crippen molar-refractivity contribution in [2.45, 2.75) is 46.1 Å². The van der Waals surface area contributed by atoms with Crippen LogP contribution in [0.5, 0.6) is 5.88 Å². The van der Waals surface area contributed by atoms with Gasteiger partial charge in [0, 0.05) is 38.0 Å². The molecule has 6 nitrogen and oxygen atoms in total. The zero-order valence-corrected chi connectivity index (χ0v) is 13.5. The van der Waals surface area contributed by atoms with Gasteiger partial charge in [0.2, 0.25) is 5.88 Å². The highest BCUT2D eigenvalue weighted by Crippen LogP contribution is 2.15. The van der Waals surface area contributed by atoms with E-state index >= 15 is 0 Å². The lowest BCUT2D eigenvalue weighted by Crippen LogP contribution is -2.09. The first-order valence-corrected chi connectivity index (χ1v) is 8.02. The van der Waals surface area contributed by atoms with Gasteiger partial charge in [-0.1, -0.05) is 13.8 Å². The third-order valence-corrected chi connectivity index (χ3v) is 3.14. The first-order chi connectivity index (χ1) is 10.8. The molecule has 0 radical (unpaired) electrons. The van der Waals surface area contributed by atoms with Gasteiger partial charge in [0.25, 0.3) is 0 Å². The zero-order chi connectivity index (χ0) is 15.6. The van der Waals surface area contributed by atoms with Gasteiger partial charge in [-0.15, -0.1) is 0 Å². The quantitative estimate of drug-likeness (QED) is 0.684. The highest BCUT2D eigenvalue weighted by molar-refractivity contribution is 5.38. The molecule has 0 fully saturated rings.